The average Bonchev–Trinajstić information content (AvgIpc) is 3.09. The van der Waals surface area contributed by atoms with E-state index in [-0.39, 0.29) is 5.91 Å². The highest BCUT2D eigenvalue weighted by molar-refractivity contribution is 7.07. The van der Waals surface area contributed by atoms with Gasteiger partial charge in [0.15, 0.2) is 0 Å². The van der Waals surface area contributed by atoms with Gasteiger partial charge in [0.1, 0.15) is 6.54 Å². The van der Waals surface area contributed by atoms with Crippen LogP contribution in [0.4, 0.5) is 0 Å². The summed E-state index contributed by atoms with van der Waals surface area (Å²) < 4.78 is 0. The smallest absolute Gasteiger partial charge is 0.246 e. The first kappa shape index (κ1) is 17.5. The van der Waals surface area contributed by atoms with E-state index in [1.54, 1.807) is 35.6 Å². The normalized spacial score (nSPS) is 16.0. The summed E-state index contributed by atoms with van der Waals surface area (Å²) in [6.07, 6.45) is 3.40. The Kier molecular flexibility index (Phi) is 5.95. The maximum atomic E-state index is 12.3. The molecule has 1 aliphatic rings. The van der Waals surface area contributed by atoms with Crippen molar-refractivity contribution in [1.82, 2.24) is 4.90 Å². The SMILES string of the molecule is O=C(/C=C/c1ccc(Cl)c(Cl)c1)N1CC[NH+](Cc2ccsc2)CC1. The van der Waals surface area contributed by atoms with E-state index in [0.717, 1.165) is 38.3 Å². The number of piperazine rings is 1. The van der Waals surface area contributed by atoms with Gasteiger partial charge in [0.2, 0.25) is 5.91 Å². The zero-order valence-corrected chi connectivity index (χ0v) is 15.5. The molecule has 1 aromatic heterocycles. The Morgan fingerprint density at radius 3 is 2.67 bits per heavy atom. The molecule has 0 saturated carbocycles. The summed E-state index contributed by atoms with van der Waals surface area (Å²) in [4.78, 5) is 15.8. The van der Waals surface area contributed by atoms with Gasteiger partial charge in [0.25, 0.3) is 0 Å². The summed E-state index contributed by atoms with van der Waals surface area (Å²) in [5, 5.41) is 5.33. The second kappa shape index (κ2) is 8.17. The van der Waals surface area contributed by atoms with Crippen LogP contribution in [-0.2, 0) is 11.3 Å². The lowest BCUT2D eigenvalue weighted by Gasteiger charge is -2.31. The molecule has 3 nitrogen and oxygen atoms in total. The molecule has 126 valence electrons. The van der Waals surface area contributed by atoms with Crippen LogP contribution in [0.25, 0.3) is 6.08 Å². The van der Waals surface area contributed by atoms with E-state index in [0.29, 0.717) is 10.0 Å². The number of carbonyl (C=O) groups excluding carboxylic acids is 1. The lowest BCUT2D eigenvalue weighted by molar-refractivity contribution is -0.917. The average molecular weight is 382 g/mol. The minimum Gasteiger partial charge on any atom is -0.328 e. The second-order valence-corrected chi connectivity index (χ2v) is 7.48. The molecule has 3 rings (SSSR count). The maximum absolute atomic E-state index is 12.3. The molecule has 24 heavy (non-hydrogen) atoms. The number of quaternary nitrogens is 1. The third-order valence-corrected chi connectivity index (χ3v) is 5.65. The Hall–Kier alpha value is -1.33. The number of carbonyl (C=O) groups is 1. The molecule has 2 aromatic rings. The van der Waals surface area contributed by atoms with Crippen molar-refractivity contribution in [2.45, 2.75) is 6.54 Å². The van der Waals surface area contributed by atoms with Gasteiger partial charge in [-0.15, -0.1) is 0 Å². The molecule has 0 atom stereocenters. The molecular weight excluding hydrogens is 363 g/mol. The van der Waals surface area contributed by atoms with Crippen molar-refractivity contribution in [1.29, 1.82) is 0 Å². The van der Waals surface area contributed by atoms with Crippen LogP contribution in [0, 0.1) is 0 Å². The van der Waals surface area contributed by atoms with Gasteiger partial charge in [-0.05, 0) is 40.6 Å². The number of hydrogen-bond donors (Lipinski definition) is 1. The van der Waals surface area contributed by atoms with E-state index >= 15 is 0 Å². The fourth-order valence-electron chi connectivity index (χ4n) is 2.79. The molecular formula is C18H19Cl2N2OS+. The maximum Gasteiger partial charge on any atom is 0.246 e. The summed E-state index contributed by atoms with van der Waals surface area (Å²) in [7, 11) is 0. The van der Waals surface area contributed by atoms with Crippen LogP contribution in [-0.4, -0.2) is 37.0 Å². The molecule has 1 N–H and O–H groups in total. The van der Waals surface area contributed by atoms with Crippen molar-refractivity contribution < 1.29 is 9.69 Å². The molecule has 1 amide bonds. The summed E-state index contributed by atoms with van der Waals surface area (Å²) in [5.74, 6) is 0.0515. The van der Waals surface area contributed by atoms with Crippen LogP contribution in [0.2, 0.25) is 10.0 Å². The Balaban J connectivity index is 1.51. The van der Waals surface area contributed by atoms with Crippen LogP contribution in [0.15, 0.2) is 41.1 Å². The molecule has 6 heteroatoms. The highest BCUT2D eigenvalue weighted by Crippen LogP contribution is 2.23. The Morgan fingerprint density at radius 1 is 1.21 bits per heavy atom. The lowest BCUT2D eigenvalue weighted by Crippen LogP contribution is -3.13. The topological polar surface area (TPSA) is 24.8 Å². The number of hydrogen-bond acceptors (Lipinski definition) is 2. The molecule has 1 saturated heterocycles. The quantitative estimate of drug-likeness (QED) is 0.808. The Morgan fingerprint density at radius 2 is 2.00 bits per heavy atom. The van der Waals surface area contributed by atoms with Crippen molar-refractivity contribution in [3.05, 3.63) is 62.3 Å². The first-order valence-corrected chi connectivity index (χ1v) is 9.58. The molecule has 0 spiro atoms. The van der Waals surface area contributed by atoms with E-state index < -0.39 is 0 Å². The summed E-state index contributed by atoms with van der Waals surface area (Å²) in [6, 6.07) is 7.52. The summed E-state index contributed by atoms with van der Waals surface area (Å²) >= 11 is 13.6. The van der Waals surface area contributed by atoms with E-state index in [2.05, 4.69) is 16.8 Å². The largest absolute Gasteiger partial charge is 0.328 e. The third kappa shape index (κ3) is 4.61. The van der Waals surface area contributed by atoms with Crippen LogP contribution in [0.1, 0.15) is 11.1 Å². The van der Waals surface area contributed by atoms with E-state index in [1.165, 1.54) is 10.5 Å². The minimum absolute atomic E-state index is 0.0515. The fraction of sp³-hybridized carbons (Fsp3) is 0.278. The monoisotopic (exact) mass is 381 g/mol. The van der Waals surface area contributed by atoms with E-state index in [9.17, 15) is 4.79 Å². The number of amides is 1. The molecule has 0 aliphatic carbocycles. The number of rotatable bonds is 4. The molecule has 1 aromatic carbocycles. The number of thiophene rings is 1. The number of nitrogens with zero attached hydrogens (tertiary/aromatic N) is 1. The van der Waals surface area contributed by atoms with Crippen molar-refractivity contribution in [3.63, 3.8) is 0 Å². The number of halogens is 2. The van der Waals surface area contributed by atoms with E-state index in [4.69, 9.17) is 23.2 Å². The zero-order valence-electron chi connectivity index (χ0n) is 13.2. The molecule has 1 aliphatic heterocycles. The first-order valence-electron chi connectivity index (χ1n) is 7.88. The number of benzene rings is 1. The fourth-order valence-corrected chi connectivity index (χ4v) is 3.77. The van der Waals surface area contributed by atoms with Crippen molar-refractivity contribution in [2.75, 3.05) is 26.2 Å². The van der Waals surface area contributed by atoms with Gasteiger partial charge in [0.05, 0.1) is 36.2 Å². The second-order valence-electron chi connectivity index (χ2n) is 5.89. The van der Waals surface area contributed by atoms with E-state index in [1.807, 2.05) is 11.0 Å². The molecule has 1 fully saturated rings. The molecule has 2 heterocycles. The predicted octanol–water partition coefficient (Wildman–Crippen LogP) is 3.00. The zero-order chi connectivity index (χ0) is 16.9. The first-order chi connectivity index (χ1) is 11.6. The predicted molar refractivity (Wildman–Crippen MR) is 101 cm³/mol. The lowest BCUT2D eigenvalue weighted by atomic mass is 10.2. The molecule has 0 unspecified atom stereocenters. The summed E-state index contributed by atoms with van der Waals surface area (Å²) in [5.41, 5.74) is 2.26. The summed E-state index contributed by atoms with van der Waals surface area (Å²) in [6.45, 7) is 4.61. The van der Waals surface area contributed by atoms with Gasteiger partial charge in [-0.2, -0.15) is 11.3 Å². The van der Waals surface area contributed by atoms with Gasteiger partial charge >= 0.3 is 0 Å². The van der Waals surface area contributed by atoms with Crippen LogP contribution in [0.5, 0.6) is 0 Å². The molecule has 0 bridgehead atoms. The highest BCUT2D eigenvalue weighted by atomic mass is 35.5. The van der Waals surface area contributed by atoms with Crippen molar-refractivity contribution in [2.24, 2.45) is 0 Å². The highest BCUT2D eigenvalue weighted by Gasteiger charge is 2.22. The Bertz CT molecular complexity index is 723. The third-order valence-electron chi connectivity index (χ3n) is 4.18. The Labute approximate surface area is 156 Å². The number of nitrogens with one attached hydrogen (secondary N) is 1. The van der Waals surface area contributed by atoms with Gasteiger partial charge in [-0.3, -0.25) is 4.79 Å². The molecule has 0 radical (unpaired) electrons. The minimum atomic E-state index is 0.0515. The van der Waals surface area contributed by atoms with Gasteiger partial charge in [-0.1, -0.05) is 29.3 Å². The van der Waals surface area contributed by atoms with Crippen molar-refractivity contribution >= 4 is 46.5 Å². The van der Waals surface area contributed by atoms with Crippen LogP contribution in [0.3, 0.4) is 0 Å². The van der Waals surface area contributed by atoms with Gasteiger partial charge in [0, 0.05) is 11.6 Å². The van der Waals surface area contributed by atoms with Crippen molar-refractivity contribution in [3.8, 4) is 0 Å². The van der Waals surface area contributed by atoms with Crippen LogP contribution >= 0.6 is 34.5 Å². The van der Waals surface area contributed by atoms with Gasteiger partial charge in [-0.25, -0.2) is 0 Å². The standard InChI is InChI=1S/C18H18Cl2N2OS/c19-16-3-1-14(11-17(16)20)2-4-18(23)22-8-6-21(7-9-22)12-15-5-10-24-13-15/h1-5,10-11,13H,6-9,12H2/p+1/b4-2+. The van der Waals surface area contributed by atoms with Crippen LogP contribution < -0.4 is 4.90 Å². The van der Waals surface area contributed by atoms with Gasteiger partial charge < -0.3 is 9.80 Å².